The fraction of sp³-hybridized carbons (Fsp3) is 0.615. The third-order valence-corrected chi connectivity index (χ3v) is 3.28. The number of carbonyl (C=O) groups is 1. The zero-order valence-electron chi connectivity index (χ0n) is 12.0. The van der Waals surface area contributed by atoms with E-state index in [9.17, 15) is 4.79 Å². The molecule has 2 heterocycles. The van der Waals surface area contributed by atoms with Gasteiger partial charge < -0.3 is 19.9 Å². The summed E-state index contributed by atoms with van der Waals surface area (Å²) in [5, 5.41) is 3.11. The summed E-state index contributed by atoms with van der Waals surface area (Å²) < 4.78 is 4.98. The van der Waals surface area contributed by atoms with E-state index in [1.54, 1.807) is 20.2 Å². The van der Waals surface area contributed by atoms with Crippen LogP contribution in [0.15, 0.2) is 12.3 Å². The maximum absolute atomic E-state index is 11.3. The Morgan fingerprint density at radius 1 is 1.40 bits per heavy atom. The molecule has 0 saturated carbocycles. The second-order valence-electron chi connectivity index (χ2n) is 4.65. The Labute approximate surface area is 118 Å². The second kappa shape index (κ2) is 7.04. The average Bonchev–Trinajstić information content (AvgIpc) is 2.48. The molecule has 1 aliphatic rings. The highest BCUT2D eigenvalue weighted by atomic mass is 16.5. The number of hydrogen-bond donors (Lipinski definition) is 1. The van der Waals surface area contributed by atoms with E-state index in [-0.39, 0.29) is 5.91 Å². The Kier molecular flexibility index (Phi) is 5.11. The van der Waals surface area contributed by atoms with E-state index in [1.807, 2.05) is 11.0 Å². The fourth-order valence-corrected chi connectivity index (χ4v) is 2.13. The van der Waals surface area contributed by atoms with Crippen molar-refractivity contribution >= 4 is 17.7 Å². The van der Waals surface area contributed by atoms with E-state index in [1.165, 1.54) is 0 Å². The van der Waals surface area contributed by atoms with Gasteiger partial charge in [0.05, 0.1) is 6.61 Å². The van der Waals surface area contributed by atoms with Crippen LogP contribution in [-0.2, 0) is 9.53 Å². The fourth-order valence-electron chi connectivity index (χ4n) is 2.13. The molecule has 0 atom stereocenters. The van der Waals surface area contributed by atoms with Crippen molar-refractivity contribution in [2.24, 2.45) is 0 Å². The predicted octanol–water partition coefficient (Wildman–Crippen LogP) is 0.203. The lowest BCUT2D eigenvalue weighted by molar-refractivity contribution is -0.129. The first-order valence-corrected chi connectivity index (χ1v) is 6.77. The van der Waals surface area contributed by atoms with Crippen LogP contribution in [0.25, 0.3) is 0 Å². The van der Waals surface area contributed by atoms with Crippen molar-refractivity contribution in [3.63, 3.8) is 0 Å². The third-order valence-electron chi connectivity index (χ3n) is 3.28. The van der Waals surface area contributed by atoms with Crippen molar-refractivity contribution in [2.45, 2.75) is 6.92 Å². The van der Waals surface area contributed by atoms with Crippen LogP contribution in [0.4, 0.5) is 11.8 Å². The number of rotatable bonds is 5. The standard InChI is InChI=1S/C13H21N5O2/c1-11(19)17-6-8-18(9-7-17)12-3-4-14-13(16-12)15-5-10-20-2/h3-4H,5-10H2,1-2H3,(H,14,15,16). The lowest BCUT2D eigenvalue weighted by Crippen LogP contribution is -2.48. The summed E-state index contributed by atoms with van der Waals surface area (Å²) in [6.45, 7) is 5.99. The first-order chi connectivity index (χ1) is 9.70. The van der Waals surface area contributed by atoms with Gasteiger partial charge in [0, 0.05) is 53.0 Å². The molecular formula is C13H21N5O2. The zero-order valence-corrected chi connectivity index (χ0v) is 12.0. The predicted molar refractivity (Wildman–Crippen MR) is 76.9 cm³/mol. The van der Waals surface area contributed by atoms with Crippen LogP contribution in [0.1, 0.15) is 6.92 Å². The summed E-state index contributed by atoms with van der Waals surface area (Å²) in [5.41, 5.74) is 0. The van der Waals surface area contributed by atoms with Crippen molar-refractivity contribution < 1.29 is 9.53 Å². The van der Waals surface area contributed by atoms with E-state index >= 15 is 0 Å². The first-order valence-electron chi connectivity index (χ1n) is 6.77. The van der Waals surface area contributed by atoms with Crippen LogP contribution in [0.2, 0.25) is 0 Å². The molecule has 0 aromatic carbocycles. The largest absolute Gasteiger partial charge is 0.383 e. The van der Waals surface area contributed by atoms with Gasteiger partial charge in [-0.3, -0.25) is 4.79 Å². The summed E-state index contributed by atoms with van der Waals surface area (Å²) >= 11 is 0. The Hall–Kier alpha value is -1.89. The van der Waals surface area contributed by atoms with Crippen LogP contribution in [0, 0.1) is 0 Å². The summed E-state index contributed by atoms with van der Waals surface area (Å²) in [6.07, 6.45) is 1.74. The van der Waals surface area contributed by atoms with E-state index in [0.29, 0.717) is 19.1 Å². The van der Waals surface area contributed by atoms with Crippen molar-refractivity contribution in [3.05, 3.63) is 12.3 Å². The monoisotopic (exact) mass is 279 g/mol. The smallest absolute Gasteiger partial charge is 0.224 e. The maximum Gasteiger partial charge on any atom is 0.224 e. The average molecular weight is 279 g/mol. The highest BCUT2D eigenvalue weighted by Gasteiger charge is 2.19. The molecule has 1 aliphatic heterocycles. The number of carbonyl (C=O) groups excluding carboxylic acids is 1. The molecule has 0 radical (unpaired) electrons. The number of hydrogen-bond acceptors (Lipinski definition) is 6. The van der Waals surface area contributed by atoms with Crippen LogP contribution in [-0.4, -0.2) is 67.2 Å². The minimum atomic E-state index is 0.134. The Morgan fingerprint density at radius 3 is 2.80 bits per heavy atom. The van der Waals surface area contributed by atoms with Gasteiger partial charge in [0.1, 0.15) is 5.82 Å². The highest BCUT2D eigenvalue weighted by Crippen LogP contribution is 2.14. The molecular weight excluding hydrogens is 258 g/mol. The van der Waals surface area contributed by atoms with Gasteiger partial charge in [0.15, 0.2) is 0 Å². The lowest BCUT2D eigenvalue weighted by Gasteiger charge is -2.34. The zero-order chi connectivity index (χ0) is 14.4. The number of nitrogens with one attached hydrogen (secondary N) is 1. The van der Waals surface area contributed by atoms with E-state index < -0.39 is 0 Å². The summed E-state index contributed by atoms with van der Waals surface area (Å²) in [4.78, 5) is 24.0. The third kappa shape index (κ3) is 3.80. The van der Waals surface area contributed by atoms with Crippen molar-refractivity contribution in [1.29, 1.82) is 0 Å². The van der Waals surface area contributed by atoms with Gasteiger partial charge in [-0.2, -0.15) is 4.98 Å². The molecule has 0 unspecified atom stereocenters. The number of ether oxygens (including phenoxy) is 1. The minimum absolute atomic E-state index is 0.134. The molecule has 1 amide bonds. The Bertz CT molecular complexity index is 446. The molecule has 7 heteroatoms. The van der Waals surface area contributed by atoms with Gasteiger partial charge in [-0.25, -0.2) is 4.98 Å². The Morgan fingerprint density at radius 2 is 2.15 bits per heavy atom. The topological polar surface area (TPSA) is 70.6 Å². The molecule has 7 nitrogen and oxygen atoms in total. The summed E-state index contributed by atoms with van der Waals surface area (Å²) in [5.74, 6) is 1.63. The van der Waals surface area contributed by atoms with Gasteiger partial charge in [-0.1, -0.05) is 0 Å². The quantitative estimate of drug-likeness (QED) is 0.777. The molecule has 1 N–H and O–H groups in total. The van der Waals surface area contributed by atoms with Crippen LogP contribution in [0.5, 0.6) is 0 Å². The van der Waals surface area contributed by atoms with E-state index in [0.717, 1.165) is 32.0 Å². The van der Waals surface area contributed by atoms with Gasteiger partial charge in [0.2, 0.25) is 11.9 Å². The van der Waals surface area contributed by atoms with Crippen molar-refractivity contribution in [3.8, 4) is 0 Å². The van der Waals surface area contributed by atoms with Gasteiger partial charge in [-0.05, 0) is 6.07 Å². The maximum atomic E-state index is 11.3. The number of methoxy groups -OCH3 is 1. The molecule has 20 heavy (non-hydrogen) atoms. The number of aromatic nitrogens is 2. The normalized spacial score (nSPS) is 15.3. The van der Waals surface area contributed by atoms with Crippen LogP contribution >= 0.6 is 0 Å². The Balaban J connectivity index is 1.92. The second-order valence-corrected chi connectivity index (χ2v) is 4.65. The molecule has 0 bridgehead atoms. The molecule has 1 aromatic heterocycles. The first kappa shape index (κ1) is 14.5. The molecule has 1 saturated heterocycles. The SMILES string of the molecule is COCCNc1nccc(N2CCN(C(C)=O)CC2)n1. The lowest BCUT2D eigenvalue weighted by atomic mass is 10.3. The van der Waals surface area contributed by atoms with Crippen molar-refractivity contribution in [2.75, 3.05) is 56.7 Å². The van der Waals surface area contributed by atoms with E-state index in [2.05, 4.69) is 20.2 Å². The number of nitrogens with zero attached hydrogens (tertiary/aromatic N) is 4. The molecule has 0 aliphatic carbocycles. The number of anilines is 2. The molecule has 2 rings (SSSR count). The van der Waals surface area contributed by atoms with Gasteiger partial charge in [0.25, 0.3) is 0 Å². The summed E-state index contributed by atoms with van der Waals surface area (Å²) in [6, 6.07) is 1.89. The van der Waals surface area contributed by atoms with Crippen LogP contribution < -0.4 is 10.2 Å². The number of amides is 1. The molecule has 1 aromatic rings. The number of piperazine rings is 1. The van der Waals surface area contributed by atoms with Gasteiger partial charge >= 0.3 is 0 Å². The summed E-state index contributed by atoms with van der Waals surface area (Å²) in [7, 11) is 1.66. The highest BCUT2D eigenvalue weighted by molar-refractivity contribution is 5.73. The van der Waals surface area contributed by atoms with Crippen molar-refractivity contribution in [1.82, 2.24) is 14.9 Å². The minimum Gasteiger partial charge on any atom is -0.383 e. The van der Waals surface area contributed by atoms with Crippen LogP contribution in [0.3, 0.4) is 0 Å². The molecule has 0 spiro atoms. The molecule has 1 fully saturated rings. The van der Waals surface area contributed by atoms with Gasteiger partial charge in [-0.15, -0.1) is 0 Å². The van der Waals surface area contributed by atoms with E-state index in [4.69, 9.17) is 4.74 Å². The molecule has 110 valence electrons.